The van der Waals surface area contributed by atoms with Gasteiger partial charge in [-0.1, -0.05) is 38.5 Å². The van der Waals surface area contributed by atoms with E-state index in [0.29, 0.717) is 12.1 Å². The molecule has 0 aromatic carbocycles. The van der Waals surface area contributed by atoms with Crippen molar-refractivity contribution in [3.63, 3.8) is 0 Å². The van der Waals surface area contributed by atoms with E-state index in [4.69, 9.17) is 0 Å². The number of halogens is 1. The van der Waals surface area contributed by atoms with Crippen molar-refractivity contribution < 1.29 is 4.79 Å². The lowest BCUT2D eigenvalue weighted by molar-refractivity contribution is 0.0453. The van der Waals surface area contributed by atoms with Crippen molar-refractivity contribution in [3.05, 3.63) is 20.8 Å². The lowest BCUT2D eigenvalue weighted by Crippen LogP contribution is -2.48. The van der Waals surface area contributed by atoms with Gasteiger partial charge in [0.25, 0.3) is 5.91 Å². The Morgan fingerprint density at radius 2 is 1.48 bits per heavy atom. The van der Waals surface area contributed by atoms with Crippen LogP contribution in [-0.4, -0.2) is 22.9 Å². The molecule has 0 spiro atoms. The van der Waals surface area contributed by atoms with E-state index in [9.17, 15) is 4.79 Å². The Hall–Kier alpha value is -0.350. The molecule has 2 aliphatic rings. The van der Waals surface area contributed by atoms with Gasteiger partial charge in [0, 0.05) is 12.1 Å². The molecule has 0 atom stereocenters. The summed E-state index contributed by atoms with van der Waals surface area (Å²) < 4.78 is 1.05. The molecule has 116 valence electrons. The summed E-state index contributed by atoms with van der Waals surface area (Å²) in [4.78, 5) is 16.3. The van der Waals surface area contributed by atoms with Crippen molar-refractivity contribution in [2.45, 2.75) is 76.3 Å². The number of amides is 1. The molecule has 3 rings (SSSR count). The highest BCUT2D eigenvalue weighted by molar-refractivity contribution is 9.11. The monoisotopic (exact) mass is 369 g/mol. The second kappa shape index (κ2) is 7.28. The SMILES string of the molecule is O=C(c1ccc(Br)s1)N(C1CCCCC1)C1CCCCC1. The maximum absolute atomic E-state index is 13.1. The van der Waals surface area contributed by atoms with Crippen LogP contribution in [0.2, 0.25) is 0 Å². The minimum atomic E-state index is 0.282. The third-order valence-corrected chi connectivity index (χ3v) is 6.57. The van der Waals surface area contributed by atoms with E-state index in [-0.39, 0.29) is 5.91 Å². The summed E-state index contributed by atoms with van der Waals surface area (Å²) in [5, 5.41) is 0. The van der Waals surface area contributed by atoms with Crippen LogP contribution < -0.4 is 0 Å². The first-order chi connectivity index (χ1) is 10.3. The molecule has 0 bridgehead atoms. The van der Waals surface area contributed by atoms with E-state index >= 15 is 0 Å². The zero-order valence-electron chi connectivity index (χ0n) is 12.5. The average Bonchev–Trinajstić information content (AvgIpc) is 2.96. The largest absolute Gasteiger partial charge is 0.332 e. The molecule has 0 aliphatic heterocycles. The summed E-state index contributed by atoms with van der Waals surface area (Å²) in [7, 11) is 0. The fraction of sp³-hybridized carbons (Fsp3) is 0.706. The molecule has 2 aliphatic carbocycles. The third kappa shape index (κ3) is 3.70. The lowest BCUT2D eigenvalue weighted by Gasteiger charge is -2.41. The Bertz CT molecular complexity index is 457. The van der Waals surface area contributed by atoms with Gasteiger partial charge in [-0.15, -0.1) is 11.3 Å². The number of thiophene rings is 1. The number of carbonyl (C=O) groups is 1. The zero-order valence-corrected chi connectivity index (χ0v) is 14.9. The Balaban J connectivity index is 1.81. The zero-order chi connectivity index (χ0) is 14.7. The highest BCUT2D eigenvalue weighted by Crippen LogP contribution is 2.33. The molecule has 0 N–H and O–H groups in total. The maximum Gasteiger partial charge on any atom is 0.264 e. The van der Waals surface area contributed by atoms with Crippen molar-refractivity contribution in [3.8, 4) is 0 Å². The summed E-state index contributed by atoms with van der Waals surface area (Å²) in [5.41, 5.74) is 0. The lowest BCUT2D eigenvalue weighted by atomic mass is 9.88. The second-order valence-electron chi connectivity index (χ2n) is 6.40. The van der Waals surface area contributed by atoms with E-state index < -0.39 is 0 Å². The van der Waals surface area contributed by atoms with Crippen LogP contribution in [0.5, 0.6) is 0 Å². The molecule has 1 aromatic rings. The van der Waals surface area contributed by atoms with Gasteiger partial charge < -0.3 is 4.90 Å². The number of hydrogen-bond acceptors (Lipinski definition) is 2. The summed E-state index contributed by atoms with van der Waals surface area (Å²) in [6.07, 6.45) is 12.6. The Kier molecular flexibility index (Phi) is 5.38. The molecule has 1 aromatic heterocycles. The molecule has 1 amide bonds. The minimum absolute atomic E-state index is 0.282. The Labute approximate surface area is 140 Å². The Morgan fingerprint density at radius 3 is 1.90 bits per heavy atom. The van der Waals surface area contributed by atoms with Crippen molar-refractivity contribution in [2.24, 2.45) is 0 Å². The molecule has 2 nitrogen and oxygen atoms in total. The third-order valence-electron chi connectivity index (χ3n) is 4.95. The summed E-state index contributed by atoms with van der Waals surface area (Å²) in [6.45, 7) is 0. The molecule has 1 heterocycles. The molecule has 0 radical (unpaired) electrons. The van der Waals surface area contributed by atoms with Crippen LogP contribution in [0.4, 0.5) is 0 Å². The summed E-state index contributed by atoms with van der Waals surface area (Å²) in [5.74, 6) is 0.282. The van der Waals surface area contributed by atoms with E-state index in [1.807, 2.05) is 12.1 Å². The van der Waals surface area contributed by atoms with E-state index in [1.54, 1.807) is 11.3 Å². The molecule has 2 saturated carbocycles. The van der Waals surface area contributed by atoms with Gasteiger partial charge in [-0.25, -0.2) is 0 Å². The molecule has 0 unspecified atom stereocenters. The predicted octanol–water partition coefficient (Wildman–Crippen LogP) is 5.62. The molecule has 21 heavy (non-hydrogen) atoms. The molecular formula is C17H24BrNOS. The minimum Gasteiger partial charge on any atom is -0.332 e. The topological polar surface area (TPSA) is 20.3 Å². The van der Waals surface area contributed by atoms with Crippen LogP contribution >= 0.6 is 27.3 Å². The van der Waals surface area contributed by atoms with Crippen molar-refractivity contribution in [1.82, 2.24) is 4.90 Å². The first kappa shape index (κ1) is 15.5. The summed E-state index contributed by atoms with van der Waals surface area (Å²) in [6, 6.07) is 4.94. The van der Waals surface area contributed by atoms with Crippen molar-refractivity contribution >= 4 is 33.2 Å². The normalized spacial score (nSPS) is 21.4. The van der Waals surface area contributed by atoms with Crippen LogP contribution in [0.1, 0.15) is 73.9 Å². The molecule has 2 fully saturated rings. The highest BCUT2D eigenvalue weighted by Gasteiger charge is 2.33. The summed E-state index contributed by atoms with van der Waals surface area (Å²) >= 11 is 5.07. The van der Waals surface area contributed by atoms with E-state index in [2.05, 4.69) is 20.8 Å². The van der Waals surface area contributed by atoms with Gasteiger partial charge in [0.1, 0.15) is 0 Å². The van der Waals surface area contributed by atoms with Crippen LogP contribution in [-0.2, 0) is 0 Å². The highest BCUT2D eigenvalue weighted by atomic mass is 79.9. The van der Waals surface area contributed by atoms with Gasteiger partial charge in [0.2, 0.25) is 0 Å². The van der Waals surface area contributed by atoms with Gasteiger partial charge in [0.05, 0.1) is 8.66 Å². The second-order valence-corrected chi connectivity index (χ2v) is 8.86. The maximum atomic E-state index is 13.1. The number of rotatable bonds is 3. The fourth-order valence-electron chi connectivity index (χ4n) is 3.90. The van der Waals surface area contributed by atoms with Gasteiger partial charge in [-0.3, -0.25) is 4.79 Å². The number of nitrogens with zero attached hydrogens (tertiary/aromatic N) is 1. The molecular weight excluding hydrogens is 346 g/mol. The van der Waals surface area contributed by atoms with Gasteiger partial charge in [-0.05, 0) is 53.7 Å². The van der Waals surface area contributed by atoms with Crippen LogP contribution in [0, 0.1) is 0 Å². The smallest absolute Gasteiger partial charge is 0.264 e. The number of carbonyl (C=O) groups excluding carboxylic acids is 1. The van der Waals surface area contributed by atoms with E-state index in [0.717, 1.165) is 8.66 Å². The Morgan fingerprint density at radius 1 is 0.952 bits per heavy atom. The van der Waals surface area contributed by atoms with Crippen molar-refractivity contribution in [1.29, 1.82) is 0 Å². The first-order valence-electron chi connectivity index (χ1n) is 8.34. The molecule has 4 heteroatoms. The van der Waals surface area contributed by atoms with E-state index in [1.165, 1.54) is 64.2 Å². The van der Waals surface area contributed by atoms with Crippen molar-refractivity contribution in [2.75, 3.05) is 0 Å². The molecule has 0 saturated heterocycles. The van der Waals surface area contributed by atoms with Gasteiger partial charge >= 0.3 is 0 Å². The average molecular weight is 370 g/mol. The van der Waals surface area contributed by atoms with Gasteiger partial charge in [-0.2, -0.15) is 0 Å². The first-order valence-corrected chi connectivity index (χ1v) is 9.94. The number of hydrogen-bond donors (Lipinski definition) is 0. The predicted molar refractivity (Wildman–Crippen MR) is 91.9 cm³/mol. The fourth-order valence-corrected chi connectivity index (χ4v) is 5.23. The van der Waals surface area contributed by atoms with Gasteiger partial charge in [0.15, 0.2) is 0 Å². The quantitative estimate of drug-likeness (QED) is 0.676. The standard InChI is InChI=1S/C17H24BrNOS/c18-16-12-11-15(21-16)17(20)19(13-7-3-1-4-8-13)14-9-5-2-6-10-14/h11-14H,1-10H2. The van der Waals surface area contributed by atoms with Crippen LogP contribution in [0.15, 0.2) is 15.9 Å². The van der Waals surface area contributed by atoms with Crippen LogP contribution in [0.25, 0.3) is 0 Å². The van der Waals surface area contributed by atoms with Crippen LogP contribution in [0.3, 0.4) is 0 Å².